The van der Waals surface area contributed by atoms with Crippen molar-refractivity contribution in [2.24, 2.45) is 11.3 Å². The fourth-order valence-corrected chi connectivity index (χ4v) is 5.39. The third-order valence-electron chi connectivity index (χ3n) is 7.52. The van der Waals surface area contributed by atoms with Gasteiger partial charge in [0, 0.05) is 28.9 Å². The minimum absolute atomic E-state index is 0.0284. The van der Waals surface area contributed by atoms with E-state index in [0.29, 0.717) is 5.82 Å². The predicted octanol–water partition coefficient (Wildman–Crippen LogP) is 3.33. The van der Waals surface area contributed by atoms with Crippen molar-refractivity contribution in [2.45, 2.75) is 83.6 Å². The number of nitrogens with zero attached hydrogens (tertiary/aromatic N) is 5. The van der Waals surface area contributed by atoms with Gasteiger partial charge in [0.25, 0.3) is 0 Å². The highest BCUT2D eigenvalue weighted by molar-refractivity contribution is 9.10. The Kier molecular flexibility index (Phi) is 8.74. The summed E-state index contributed by atoms with van der Waals surface area (Å²) in [6, 6.07) is 4.70. The van der Waals surface area contributed by atoms with Crippen molar-refractivity contribution in [3.8, 4) is 11.4 Å². The summed E-state index contributed by atoms with van der Waals surface area (Å²) in [4.78, 5) is 55.4. The number of aromatic nitrogens is 4. The van der Waals surface area contributed by atoms with Crippen LogP contribution in [0.1, 0.15) is 60.4 Å². The number of hydrogen-bond donors (Lipinski definition) is 3. The Hall–Kier alpha value is -3.81. The summed E-state index contributed by atoms with van der Waals surface area (Å²) in [5, 5.41) is 28.1. The molecular formula is C29H38BrN7O6. The van der Waals surface area contributed by atoms with E-state index < -0.39 is 64.5 Å². The van der Waals surface area contributed by atoms with Gasteiger partial charge in [-0.1, -0.05) is 42.8 Å². The number of aliphatic carboxylic acids is 1. The Labute approximate surface area is 258 Å². The molecule has 0 bridgehead atoms. The molecule has 43 heavy (non-hydrogen) atoms. The van der Waals surface area contributed by atoms with Crippen molar-refractivity contribution in [2.75, 3.05) is 6.54 Å². The van der Waals surface area contributed by atoms with Crippen molar-refractivity contribution >= 4 is 39.8 Å². The third-order valence-corrected chi connectivity index (χ3v) is 8.05. The second-order valence-corrected chi connectivity index (χ2v) is 14.0. The lowest BCUT2D eigenvalue weighted by molar-refractivity contribution is -0.146. The number of carbonyl (C=O) groups is 4. The van der Waals surface area contributed by atoms with E-state index in [0.717, 1.165) is 10.0 Å². The van der Waals surface area contributed by atoms with Crippen molar-refractivity contribution < 1.29 is 29.0 Å². The molecule has 4 rings (SSSR count). The van der Waals surface area contributed by atoms with Crippen molar-refractivity contribution in [1.82, 2.24) is 35.7 Å². The van der Waals surface area contributed by atoms with E-state index in [1.165, 1.54) is 15.8 Å². The molecule has 1 aromatic carbocycles. The largest absolute Gasteiger partial charge is 0.479 e. The van der Waals surface area contributed by atoms with Crippen LogP contribution in [0.2, 0.25) is 0 Å². The molecule has 2 heterocycles. The molecule has 1 aromatic heterocycles. The highest BCUT2D eigenvalue weighted by Gasteiger charge is 2.61. The lowest BCUT2D eigenvalue weighted by Gasteiger charge is -2.36. The molecule has 2 aliphatic rings. The number of nitrogens with one attached hydrogen (secondary N) is 2. The summed E-state index contributed by atoms with van der Waals surface area (Å²) in [5.41, 5.74) is -2.31. The summed E-state index contributed by atoms with van der Waals surface area (Å²) < 4.78 is 6.30. The molecule has 1 saturated carbocycles. The smallest absolute Gasteiger partial charge is 0.408 e. The first kappa shape index (κ1) is 32.1. The summed E-state index contributed by atoms with van der Waals surface area (Å²) in [6.07, 6.45) is 1.03. The number of likely N-dealkylation sites (tertiary alicyclic amines) is 1. The lowest BCUT2D eigenvalue weighted by atomic mass is 9.85. The van der Waals surface area contributed by atoms with Crippen LogP contribution in [0, 0.1) is 11.3 Å². The molecule has 13 nitrogen and oxygen atoms in total. The number of hydrogen-bond acceptors (Lipinski definition) is 8. The monoisotopic (exact) mass is 659 g/mol. The van der Waals surface area contributed by atoms with Crippen LogP contribution in [0.3, 0.4) is 0 Å². The summed E-state index contributed by atoms with van der Waals surface area (Å²) >= 11 is 3.40. The lowest BCUT2D eigenvalue weighted by Crippen LogP contribution is -2.59. The zero-order valence-electron chi connectivity index (χ0n) is 25.1. The highest BCUT2D eigenvalue weighted by Crippen LogP contribution is 2.45. The SMILES string of the molecule is C=CC1CC1(NC(=O)C1CC(n2nnc(-c3ccc(Br)cc3)n2)CN1C(=O)C(NC(=O)OC(C)(C)C)C(C)(C)C)C(=O)O. The average molecular weight is 661 g/mol. The molecule has 3 amide bonds. The molecule has 0 spiro atoms. The minimum Gasteiger partial charge on any atom is -0.479 e. The number of ether oxygens (including phenoxy) is 1. The second kappa shape index (κ2) is 11.7. The molecule has 1 aliphatic heterocycles. The zero-order valence-corrected chi connectivity index (χ0v) is 26.7. The van der Waals surface area contributed by atoms with E-state index in [2.05, 4.69) is 48.6 Å². The Morgan fingerprint density at radius 3 is 2.35 bits per heavy atom. The predicted molar refractivity (Wildman–Crippen MR) is 160 cm³/mol. The first-order valence-corrected chi connectivity index (χ1v) is 14.8. The van der Waals surface area contributed by atoms with Crippen LogP contribution in [-0.2, 0) is 19.1 Å². The highest BCUT2D eigenvalue weighted by atomic mass is 79.9. The van der Waals surface area contributed by atoms with E-state index in [9.17, 15) is 24.3 Å². The standard InChI is InChI=1S/C29H38BrN7O6/c1-8-17-14-29(17,25(40)41)32-23(38)20-13-19(37-34-22(33-35-37)16-9-11-18(30)12-10-16)15-36(20)24(39)21(27(2,3)4)31-26(42)43-28(5,6)7/h8-12,17,19-21H,1,13-15H2,2-7H3,(H,31,42)(H,32,38)(H,40,41). The van der Waals surface area contributed by atoms with Gasteiger partial charge in [-0.2, -0.15) is 4.80 Å². The van der Waals surface area contributed by atoms with Gasteiger partial charge in [-0.25, -0.2) is 9.59 Å². The van der Waals surface area contributed by atoms with Gasteiger partial charge in [0.05, 0.1) is 6.04 Å². The maximum absolute atomic E-state index is 14.2. The van der Waals surface area contributed by atoms with Crippen LogP contribution < -0.4 is 10.6 Å². The fourth-order valence-electron chi connectivity index (χ4n) is 5.13. The molecule has 5 unspecified atom stereocenters. The summed E-state index contributed by atoms with van der Waals surface area (Å²) in [7, 11) is 0. The van der Waals surface area contributed by atoms with Gasteiger partial charge in [-0.15, -0.1) is 16.8 Å². The van der Waals surface area contributed by atoms with E-state index in [1.807, 2.05) is 24.3 Å². The average Bonchev–Trinajstić information content (AvgIpc) is 3.22. The molecule has 1 saturated heterocycles. The minimum atomic E-state index is -1.48. The number of carbonyl (C=O) groups excluding carboxylic acids is 3. The molecule has 3 N–H and O–H groups in total. The van der Waals surface area contributed by atoms with Crippen molar-refractivity contribution in [1.29, 1.82) is 0 Å². The normalized spacial score (nSPS) is 24.2. The Morgan fingerprint density at radius 1 is 1.16 bits per heavy atom. The molecule has 2 fully saturated rings. The van der Waals surface area contributed by atoms with E-state index in [-0.39, 0.29) is 19.4 Å². The Bertz CT molecular complexity index is 1410. The first-order valence-electron chi connectivity index (χ1n) is 14.0. The van der Waals surface area contributed by atoms with E-state index in [4.69, 9.17) is 4.74 Å². The Balaban J connectivity index is 1.64. The van der Waals surface area contributed by atoms with Crippen molar-refractivity contribution in [3.05, 3.63) is 41.4 Å². The van der Waals surface area contributed by atoms with Crippen LogP contribution in [0.25, 0.3) is 11.4 Å². The van der Waals surface area contributed by atoms with Crippen LogP contribution in [0.15, 0.2) is 41.4 Å². The molecule has 14 heteroatoms. The van der Waals surface area contributed by atoms with Crippen LogP contribution in [-0.4, -0.2) is 83.9 Å². The quantitative estimate of drug-likeness (QED) is 0.360. The number of amides is 3. The molecule has 2 aromatic rings. The van der Waals surface area contributed by atoms with Gasteiger partial charge in [-0.05, 0) is 62.1 Å². The number of alkyl carbamates (subject to hydrolysis) is 1. The maximum Gasteiger partial charge on any atom is 0.408 e. The second-order valence-electron chi connectivity index (χ2n) is 13.1. The van der Waals surface area contributed by atoms with Gasteiger partial charge in [0.2, 0.25) is 17.6 Å². The van der Waals surface area contributed by atoms with Gasteiger partial charge in [0.15, 0.2) is 0 Å². The third kappa shape index (κ3) is 7.06. The first-order chi connectivity index (χ1) is 19.9. The molecule has 0 radical (unpaired) electrons. The zero-order chi connectivity index (χ0) is 31.9. The number of tetrazole rings is 1. The van der Waals surface area contributed by atoms with Crippen LogP contribution in [0.5, 0.6) is 0 Å². The number of carboxylic acids is 1. The molecular weight excluding hydrogens is 622 g/mol. The number of halogens is 1. The van der Waals surface area contributed by atoms with Gasteiger partial charge < -0.3 is 25.4 Å². The van der Waals surface area contributed by atoms with E-state index >= 15 is 0 Å². The Morgan fingerprint density at radius 2 is 1.81 bits per heavy atom. The topological polar surface area (TPSA) is 169 Å². The number of carboxylic acid groups (broad SMARTS) is 1. The summed E-state index contributed by atoms with van der Waals surface area (Å²) in [6.45, 7) is 14.2. The molecule has 1 aliphatic carbocycles. The van der Waals surface area contributed by atoms with Crippen LogP contribution in [0.4, 0.5) is 4.79 Å². The summed E-state index contributed by atoms with van der Waals surface area (Å²) in [5.74, 6) is -2.38. The van der Waals surface area contributed by atoms with Crippen molar-refractivity contribution in [3.63, 3.8) is 0 Å². The fraction of sp³-hybridized carbons (Fsp3) is 0.552. The van der Waals surface area contributed by atoms with Crippen LogP contribution >= 0.6 is 15.9 Å². The van der Waals surface area contributed by atoms with E-state index in [1.54, 1.807) is 41.5 Å². The molecule has 232 valence electrons. The molecule has 5 atom stereocenters. The van der Waals surface area contributed by atoms with Gasteiger partial charge in [0.1, 0.15) is 23.2 Å². The number of benzene rings is 1. The van der Waals surface area contributed by atoms with Gasteiger partial charge >= 0.3 is 12.1 Å². The maximum atomic E-state index is 14.2. The van der Waals surface area contributed by atoms with Gasteiger partial charge in [-0.3, -0.25) is 9.59 Å². The number of rotatable bonds is 8.